The molecule has 0 aliphatic heterocycles. The number of rotatable bonds is 7. The van der Waals surface area contributed by atoms with Gasteiger partial charge in [0, 0.05) is 30.3 Å². The van der Waals surface area contributed by atoms with E-state index in [9.17, 15) is 13.2 Å². The first-order valence-corrected chi connectivity index (χ1v) is 11.0. The Morgan fingerprint density at radius 3 is 2.23 bits per heavy atom. The van der Waals surface area contributed by atoms with Gasteiger partial charge >= 0.3 is 6.03 Å². The molecule has 0 atom stereocenters. The number of nitrogens with zero attached hydrogens (tertiary/aromatic N) is 1. The predicted octanol–water partition coefficient (Wildman–Crippen LogP) is 4.33. The molecule has 0 aliphatic carbocycles. The molecule has 0 bridgehead atoms. The summed E-state index contributed by atoms with van der Waals surface area (Å²) in [6.45, 7) is 4.49. The van der Waals surface area contributed by atoms with Crippen molar-refractivity contribution in [2.75, 3.05) is 10.0 Å². The van der Waals surface area contributed by atoms with Crippen molar-refractivity contribution in [3.8, 4) is 0 Å². The number of sulfonamides is 1. The van der Waals surface area contributed by atoms with Crippen LogP contribution in [-0.4, -0.2) is 19.4 Å². The zero-order valence-electron chi connectivity index (χ0n) is 16.8. The SMILES string of the molecule is CC(C)c1ccc(NS(=O)(=O)c2ccc(NC(=O)NCc3cccnc3)cc2)cc1. The highest BCUT2D eigenvalue weighted by atomic mass is 32.2. The fourth-order valence-electron chi connectivity index (χ4n) is 2.73. The lowest BCUT2D eigenvalue weighted by atomic mass is 10.0. The second-order valence-corrected chi connectivity index (χ2v) is 8.76. The fraction of sp³-hybridized carbons (Fsp3) is 0.182. The van der Waals surface area contributed by atoms with E-state index in [0.717, 1.165) is 11.1 Å². The van der Waals surface area contributed by atoms with E-state index in [0.29, 0.717) is 23.8 Å². The van der Waals surface area contributed by atoms with E-state index in [2.05, 4.69) is 34.2 Å². The van der Waals surface area contributed by atoms with Crippen molar-refractivity contribution in [3.63, 3.8) is 0 Å². The molecule has 30 heavy (non-hydrogen) atoms. The Balaban J connectivity index is 1.59. The number of hydrogen-bond acceptors (Lipinski definition) is 4. The van der Waals surface area contributed by atoms with Gasteiger partial charge in [0.2, 0.25) is 0 Å². The van der Waals surface area contributed by atoms with Crippen LogP contribution in [0.2, 0.25) is 0 Å². The molecule has 0 radical (unpaired) electrons. The summed E-state index contributed by atoms with van der Waals surface area (Å²) < 4.78 is 27.8. The van der Waals surface area contributed by atoms with Crippen molar-refractivity contribution in [3.05, 3.63) is 84.2 Å². The van der Waals surface area contributed by atoms with Crippen LogP contribution in [0.1, 0.15) is 30.9 Å². The summed E-state index contributed by atoms with van der Waals surface area (Å²) in [7, 11) is -3.72. The maximum atomic E-state index is 12.6. The minimum absolute atomic E-state index is 0.108. The second-order valence-electron chi connectivity index (χ2n) is 7.08. The highest BCUT2D eigenvalue weighted by Gasteiger charge is 2.14. The van der Waals surface area contributed by atoms with Crippen molar-refractivity contribution >= 4 is 27.4 Å². The van der Waals surface area contributed by atoms with Gasteiger partial charge in [0.05, 0.1) is 4.90 Å². The summed E-state index contributed by atoms with van der Waals surface area (Å²) in [4.78, 5) is 16.1. The van der Waals surface area contributed by atoms with Gasteiger partial charge in [-0.3, -0.25) is 9.71 Å². The first kappa shape index (κ1) is 21.3. The molecule has 0 unspecified atom stereocenters. The lowest BCUT2D eigenvalue weighted by Gasteiger charge is -2.11. The molecule has 3 N–H and O–H groups in total. The normalized spacial score (nSPS) is 11.2. The van der Waals surface area contributed by atoms with E-state index in [1.54, 1.807) is 42.7 Å². The molecular formula is C22H24N4O3S. The van der Waals surface area contributed by atoms with Crippen molar-refractivity contribution in [2.24, 2.45) is 0 Å². The van der Waals surface area contributed by atoms with Gasteiger partial charge in [-0.2, -0.15) is 0 Å². The van der Waals surface area contributed by atoms with Crippen LogP contribution in [0, 0.1) is 0 Å². The summed E-state index contributed by atoms with van der Waals surface area (Å²) in [5, 5.41) is 5.39. The van der Waals surface area contributed by atoms with E-state index in [4.69, 9.17) is 0 Å². The van der Waals surface area contributed by atoms with Gasteiger partial charge in [-0.25, -0.2) is 13.2 Å². The maximum Gasteiger partial charge on any atom is 0.319 e. The minimum atomic E-state index is -3.72. The molecule has 0 spiro atoms. The standard InChI is InChI=1S/C22H24N4O3S/c1-16(2)18-5-7-20(8-6-18)26-30(28,29)21-11-9-19(10-12-21)25-22(27)24-15-17-4-3-13-23-14-17/h3-14,16,26H,15H2,1-2H3,(H2,24,25,27). The molecule has 3 aromatic rings. The average molecular weight is 425 g/mol. The lowest BCUT2D eigenvalue weighted by Crippen LogP contribution is -2.28. The molecular weight excluding hydrogens is 400 g/mol. The number of carbonyl (C=O) groups is 1. The third-order valence-electron chi connectivity index (χ3n) is 4.43. The Labute approximate surface area is 176 Å². The number of anilines is 2. The van der Waals surface area contributed by atoms with E-state index >= 15 is 0 Å². The molecule has 0 saturated heterocycles. The van der Waals surface area contributed by atoms with Crippen LogP contribution in [0.25, 0.3) is 0 Å². The largest absolute Gasteiger partial charge is 0.334 e. The third-order valence-corrected chi connectivity index (χ3v) is 5.83. The zero-order valence-corrected chi connectivity index (χ0v) is 17.6. The van der Waals surface area contributed by atoms with E-state index in [-0.39, 0.29) is 4.90 Å². The van der Waals surface area contributed by atoms with Gasteiger partial charge in [0.25, 0.3) is 10.0 Å². The Morgan fingerprint density at radius 1 is 0.967 bits per heavy atom. The van der Waals surface area contributed by atoms with Crippen LogP contribution in [0.3, 0.4) is 0 Å². The van der Waals surface area contributed by atoms with E-state index in [1.807, 2.05) is 18.2 Å². The number of nitrogens with one attached hydrogen (secondary N) is 3. The van der Waals surface area contributed by atoms with Crippen LogP contribution in [0.4, 0.5) is 16.2 Å². The summed E-state index contributed by atoms with van der Waals surface area (Å²) in [6.07, 6.45) is 3.33. The van der Waals surface area contributed by atoms with Crippen LogP contribution in [-0.2, 0) is 16.6 Å². The summed E-state index contributed by atoms with van der Waals surface area (Å²) >= 11 is 0. The van der Waals surface area contributed by atoms with Gasteiger partial charge in [0.15, 0.2) is 0 Å². The number of benzene rings is 2. The molecule has 1 aromatic heterocycles. The maximum absolute atomic E-state index is 12.6. The molecule has 0 saturated carbocycles. The van der Waals surface area contributed by atoms with E-state index in [1.165, 1.54) is 12.1 Å². The quantitative estimate of drug-likeness (QED) is 0.526. The first-order chi connectivity index (χ1) is 14.3. The molecule has 2 aromatic carbocycles. The van der Waals surface area contributed by atoms with Crippen LogP contribution < -0.4 is 15.4 Å². The Hall–Kier alpha value is -3.39. The number of hydrogen-bond donors (Lipinski definition) is 3. The molecule has 156 valence electrons. The number of carbonyl (C=O) groups excluding carboxylic acids is 1. The smallest absolute Gasteiger partial charge is 0.319 e. The van der Waals surface area contributed by atoms with Gasteiger partial charge in [-0.1, -0.05) is 32.0 Å². The van der Waals surface area contributed by atoms with Crippen LogP contribution >= 0.6 is 0 Å². The van der Waals surface area contributed by atoms with Crippen molar-refractivity contribution < 1.29 is 13.2 Å². The molecule has 7 nitrogen and oxygen atoms in total. The molecule has 3 rings (SSSR count). The van der Waals surface area contributed by atoms with Gasteiger partial charge in [-0.15, -0.1) is 0 Å². The van der Waals surface area contributed by atoms with Crippen molar-refractivity contribution in [1.29, 1.82) is 0 Å². The average Bonchev–Trinajstić information content (AvgIpc) is 2.73. The summed E-state index contributed by atoms with van der Waals surface area (Å²) in [6, 6.07) is 16.5. The third kappa shape index (κ3) is 5.81. The second kappa shape index (κ2) is 9.41. The first-order valence-electron chi connectivity index (χ1n) is 9.50. The molecule has 2 amide bonds. The van der Waals surface area contributed by atoms with Crippen molar-refractivity contribution in [1.82, 2.24) is 10.3 Å². The predicted molar refractivity (Wildman–Crippen MR) is 118 cm³/mol. The topological polar surface area (TPSA) is 100 Å². The Morgan fingerprint density at radius 2 is 1.63 bits per heavy atom. The van der Waals surface area contributed by atoms with Gasteiger partial charge < -0.3 is 10.6 Å². The van der Waals surface area contributed by atoms with Gasteiger partial charge in [0.1, 0.15) is 0 Å². The van der Waals surface area contributed by atoms with Crippen molar-refractivity contribution in [2.45, 2.75) is 31.2 Å². The Bertz CT molecular complexity index is 1080. The zero-order chi connectivity index (χ0) is 21.6. The minimum Gasteiger partial charge on any atom is -0.334 e. The number of pyridine rings is 1. The number of aromatic nitrogens is 1. The van der Waals surface area contributed by atoms with Crippen LogP contribution in [0.15, 0.2) is 78.0 Å². The lowest BCUT2D eigenvalue weighted by molar-refractivity contribution is 0.251. The number of urea groups is 1. The van der Waals surface area contributed by atoms with E-state index < -0.39 is 16.1 Å². The number of amides is 2. The fourth-order valence-corrected chi connectivity index (χ4v) is 3.79. The Kier molecular flexibility index (Phi) is 6.68. The van der Waals surface area contributed by atoms with Crippen LogP contribution in [0.5, 0.6) is 0 Å². The summed E-state index contributed by atoms with van der Waals surface area (Å²) in [5.74, 6) is 0.372. The highest BCUT2D eigenvalue weighted by molar-refractivity contribution is 7.92. The molecule has 1 heterocycles. The monoisotopic (exact) mass is 424 g/mol. The molecule has 0 fully saturated rings. The summed E-state index contributed by atoms with van der Waals surface area (Å²) in [5.41, 5.74) is 2.99. The van der Waals surface area contributed by atoms with Gasteiger partial charge in [-0.05, 0) is 59.5 Å². The highest BCUT2D eigenvalue weighted by Crippen LogP contribution is 2.21. The molecule has 8 heteroatoms. The molecule has 0 aliphatic rings.